The number of fused-ring (bicyclic) bond motifs is 1. The normalized spacial score (nSPS) is 11.0. The Morgan fingerprint density at radius 2 is 1.46 bits per heavy atom. The summed E-state index contributed by atoms with van der Waals surface area (Å²) in [5, 5.41) is 2.47. The van der Waals surface area contributed by atoms with Crippen molar-refractivity contribution in [2.24, 2.45) is 0 Å². The van der Waals surface area contributed by atoms with Gasteiger partial charge in [-0.05, 0) is 51.2 Å². The molecule has 0 N–H and O–H groups in total. The van der Waals surface area contributed by atoms with E-state index in [4.69, 9.17) is 4.74 Å². The number of hydrogen-bond donors (Lipinski definition) is 0. The zero-order valence-corrected chi connectivity index (χ0v) is 15.6. The summed E-state index contributed by atoms with van der Waals surface area (Å²) in [5.41, 5.74) is 5.11. The van der Waals surface area contributed by atoms with Crippen molar-refractivity contribution in [3.63, 3.8) is 0 Å². The maximum Gasteiger partial charge on any atom is 0.337 e. The lowest BCUT2D eigenvalue weighted by Gasteiger charge is -2.08. The fourth-order valence-corrected chi connectivity index (χ4v) is 3.30. The van der Waals surface area contributed by atoms with E-state index >= 15 is 0 Å². The van der Waals surface area contributed by atoms with Gasteiger partial charge in [0.1, 0.15) is 0 Å². The summed E-state index contributed by atoms with van der Waals surface area (Å²) >= 11 is 0. The highest BCUT2D eigenvalue weighted by Crippen LogP contribution is 2.28. The summed E-state index contributed by atoms with van der Waals surface area (Å²) in [6.45, 7) is 0. The molecule has 0 aliphatic carbocycles. The Balaban J connectivity index is 1.65. The van der Waals surface area contributed by atoms with Gasteiger partial charge in [0.15, 0.2) is 0 Å². The van der Waals surface area contributed by atoms with Crippen LogP contribution in [-0.2, 0) is 4.74 Å². The Labute approximate surface area is 164 Å². The zero-order chi connectivity index (χ0) is 19.3. The summed E-state index contributed by atoms with van der Waals surface area (Å²) in [7, 11) is 1.39. The van der Waals surface area contributed by atoms with Crippen molar-refractivity contribution in [1.29, 1.82) is 0 Å². The van der Waals surface area contributed by atoms with E-state index < -0.39 is 0 Å². The highest BCUT2D eigenvalue weighted by Gasteiger charge is 2.05. The van der Waals surface area contributed by atoms with Gasteiger partial charge in [0.25, 0.3) is 0 Å². The smallest absolute Gasteiger partial charge is 0.337 e. The van der Waals surface area contributed by atoms with Crippen LogP contribution < -0.4 is 0 Å². The molecule has 4 rings (SSSR count). The molecule has 2 nitrogen and oxygen atoms in total. The predicted octanol–water partition coefficient (Wildman–Crippen LogP) is 6.46. The first kappa shape index (κ1) is 17.7. The predicted molar refractivity (Wildman–Crippen MR) is 116 cm³/mol. The van der Waals surface area contributed by atoms with E-state index in [1.165, 1.54) is 29.0 Å². The van der Waals surface area contributed by atoms with Crippen molar-refractivity contribution >= 4 is 28.9 Å². The topological polar surface area (TPSA) is 26.3 Å². The van der Waals surface area contributed by atoms with Crippen LogP contribution in [0.3, 0.4) is 0 Å². The zero-order valence-electron chi connectivity index (χ0n) is 15.6. The molecular weight excluding hydrogens is 344 g/mol. The van der Waals surface area contributed by atoms with Crippen molar-refractivity contribution < 1.29 is 9.53 Å². The first-order valence-electron chi connectivity index (χ1n) is 9.19. The second kappa shape index (κ2) is 7.93. The van der Waals surface area contributed by atoms with Crippen molar-refractivity contribution in [2.45, 2.75) is 0 Å². The second-order valence-corrected chi connectivity index (χ2v) is 6.60. The van der Waals surface area contributed by atoms with Crippen molar-refractivity contribution in [3.05, 3.63) is 108 Å². The summed E-state index contributed by atoms with van der Waals surface area (Å²) in [6.07, 6.45) is 4.17. The molecule has 0 aliphatic heterocycles. The van der Waals surface area contributed by atoms with Crippen LogP contribution in [0.4, 0.5) is 0 Å². The molecule has 0 bridgehead atoms. The van der Waals surface area contributed by atoms with Gasteiger partial charge in [0, 0.05) is 0 Å². The quantitative estimate of drug-likeness (QED) is 0.307. The summed E-state index contributed by atoms with van der Waals surface area (Å²) in [6, 6.07) is 30.7. The number of carbonyl (C=O) groups excluding carboxylic acids is 1. The number of hydrogen-bond acceptors (Lipinski definition) is 2. The number of carbonyl (C=O) groups is 1. The summed E-state index contributed by atoms with van der Waals surface area (Å²) in [5.74, 6) is -0.322. The molecule has 2 heteroatoms. The number of esters is 1. The molecule has 4 aromatic rings. The van der Waals surface area contributed by atoms with Gasteiger partial charge in [-0.15, -0.1) is 0 Å². The molecule has 0 heterocycles. The summed E-state index contributed by atoms with van der Waals surface area (Å²) < 4.78 is 4.74. The Morgan fingerprint density at radius 1 is 0.750 bits per heavy atom. The van der Waals surface area contributed by atoms with Crippen LogP contribution in [0, 0.1) is 0 Å². The second-order valence-electron chi connectivity index (χ2n) is 6.60. The standard InChI is InChI=1S/C26H20O2/c1-28-26(27)22-14-11-19(12-15-22)10-13-21-7-4-5-9-25(21)24-17-16-20-6-2-3-8-23(20)18-24/h2-18H,1H3/b13-10+. The number of methoxy groups -OCH3 is 1. The van der Waals surface area contributed by atoms with Gasteiger partial charge in [-0.3, -0.25) is 0 Å². The van der Waals surface area contributed by atoms with E-state index in [0.29, 0.717) is 5.56 Å². The minimum Gasteiger partial charge on any atom is -0.465 e. The third-order valence-corrected chi connectivity index (χ3v) is 4.81. The molecular formula is C26H20O2. The molecule has 0 aromatic heterocycles. The molecule has 4 aromatic carbocycles. The lowest BCUT2D eigenvalue weighted by Crippen LogP contribution is -2.00. The Bertz CT molecular complexity index is 1150. The maximum atomic E-state index is 11.6. The number of benzene rings is 4. The molecule has 0 radical (unpaired) electrons. The maximum absolute atomic E-state index is 11.6. The molecule has 0 atom stereocenters. The van der Waals surface area contributed by atoms with E-state index in [1.54, 1.807) is 12.1 Å². The van der Waals surface area contributed by atoms with Crippen LogP contribution in [0.1, 0.15) is 21.5 Å². The molecule has 0 saturated carbocycles. The van der Waals surface area contributed by atoms with Crippen LogP contribution in [0.5, 0.6) is 0 Å². The van der Waals surface area contributed by atoms with E-state index in [-0.39, 0.29) is 5.97 Å². The fourth-order valence-electron chi connectivity index (χ4n) is 3.30. The number of rotatable bonds is 4. The van der Waals surface area contributed by atoms with Gasteiger partial charge in [0.05, 0.1) is 12.7 Å². The molecule has 28 heavy (non-hydrogen) atoms. The molecule has 136 valence electrons. The van der Waals surface area contributed by atoms with Crippen molar-refractivity contribution in [2.75, 3.05) is 7.11 Å². The van der Waals surface area contributed by atoms with Gasteiger partial charge in [-0.2, -0.15) is 0 Å². The van der Waals surface area contributed by atoms with Gasteiger partial charge in [-0.25, -0.2) is 4.79 Å². The van der Waals surface area contributed by atoms with Crippen LogP contribution in [0.15, 0.2) is 91.0 Å². The third-order valence-electron chi connectivity index (χ3n) is 4.81. The largest absolute Gasteiger partial charge is 0.465 e. The van der Waals surface area contributed by atoms with Crippen molar-refractivity contribution in [3.8, 4) is 11.1 Å². The van der Waals surface area contributed by atoms with Gasteiger partial charge in [0.2, 0.25) is 0 Å². The molecule has 0 aliphatic rings. The average molecular weight is 364 g/mol. The fraction of sp³-hybridized carbons (Fsp3) is 0.0385. The van der Waals surface area contributed by atoms with Crippen LogP contribution in [0.25, 0.3) is 34.1 Å². The molecule has 0 unspecified atom stereocenters. The Morgan fingerprint density at radius 3 is 2.25 bits per heavy atom. The van der Waals surface area contributed by atoms with E-state index in [9.17, 15) is 4.79 Å². The molecule has 0 saturated heterocycles. The highest BCUT2D eigenvalue weighted by molar-refractivity contribution is 5.91. The molecule has 0 spiro atoms. The monoisotopic (exact) mass is 364 g/mol. The van der Waals surface area contributed by atoms with Gasteiger partial charge >= 0.3 is 5.97 Å². The number of ether oxygens (including phenoxy) is 1. The van der Waals surface area contributed by atoms with Gasteiger partial charge in [-0.1, -0.05) is 84.9 Å². The third kappa shape index (κ3) is 3.72. The lowest BCUT2D eigenvalue weighted by molar-refractivity contribution is 0.0600. The van der Waals surface area contributed by atoms with Crippen molar-refractivity contribution in [1.82, 2.24) is 0 Å². The first-order chi connectivity index (χ1) is 13.7. The van der Waals surface area contributed by atoms with Crippen LogP contribution >= 0.6 is 0 Å². The van der Waals surface area contributed by atoms with Crippen LogP contribution in [-0.4, -0.2) is 13.1 Å². The average Bonchev–Trinajstić information content (AvgIpc) is 2.77. The molecule has 0 amide bonds. The Hall–Kier alpha value is -3.65. The minimum atomic E-state index is -0.322. The minimum absolute atomic E-state index is 0.322. The molecule has 0 fully saturated rings. The SMILES string of the molecule is COC(=O)c1ccc(/C=C/c2ccccc2-c2ccc3ccccc3c2)cc1. The van der Waals surface area contributed by atoms with E-state index in [1.807, 2.05) is 18.2 Å². The first-order valence-corrected chi connectivity index (χ1v) is 9.19. The summed E-state index contributed by atoms with van der Waals surface area (Å²) in [4.78, 5) is 11.6. The van der Waals surface area contributed by atoms with Crippen LogP contribution in [0.2, 0.25) is 0 Å². The Kier molecular flexibility index (Phi) is 5.03. The lowest BCUT2D eigenvalue weighted by atomic mass is 9.96. The van der Waals surface area contributed by atoms with E-state index in [2.05, 4.69) is 72.8 Å². The van der Waals surface area contributed by atoms with E-state index in [0.717, 1.165) is 11.1 Å². The van der Waals surface area contributed by atoms with Gasteiger partial charge < -0.3 is 4.74 Å². The highest BCUT2D eigenvalue weighted by atomic mass is 16.5.